The molecule has 0 spiro atoms. The molecule has 0 saturated heterocycles. The maximum absolute atomic E-state index is 13.7. The molecular weight excluding hydrogens is 376 g/mol. The number of anilines is 3. The zero-order valence-electron chi connectivity index (χ0n) is 14.1. The number of carbonyl (C=O) groups excluding carboxylic acids is 1. The Morgan fingerprint density at radius 1 is 1.11 bits per heavy atom. The van der Waals surface area contributed by atoms with Crippen LogP contribution in [-0.4, -0.2) is 18.0 Å². The number of hydrogen-bond donors (Lipinski definition) is 2. The van der Waals surface area contributed by atoms with E-state index in [1.807, 2.05) is 0 Å². The average molecular weight is 390 g/mol. The number of hydrogen-bond acceptors (Lipinski definition) is 4. The van der Waals surface area contributed by atoms with Crippen LogP contribution in [0.5, 0.6) is 5.75 Å². The van der Waals surface area contributed by atoms with E-state index in [4.69, 9.17) is 16.3 Å². The molecule has 1 amide bonds. The van der Waals surface area contributed by atoms with Crippen molar-refractivity contribution in [3.05, 3.63) is 76.9 Å². The van der Waals surface area contributed by atoms with Crippen LogP contribution in [0.15, 0.2) is 54.7 Å². The second-order valence-corrected chi connectivity index (χ2v) is 5.86. The molecule has 8 heteroatoms. The highest BCUT2D eigenvalue weighted by molar-refractivity contribution is 6.32. The number of benzene rings is 2. The van der Waals surface area contributed by atoms with Gasteiger partial charge in [0.25, 0.3) is 5.91 Å². The lowest BCUT2D eigenvalue weighted by Crippen LogP contribution is -2.12. The SMILES string of the molecule is COc1ccc(NC(=O)c2ccc(Nc3c(F)cccc3F)nc2)cc1Cl. The number of para-hydroxylation sites is 1. The van der Waals surface area contributed by atoms with E-state index in [1.165, 1.54) is 31.5 Å². The summed E-state index contributed by atoms with van der Waals surface area (Å²) in [6.45, 7) is 0. The summed E-state index contributed by atoms with van der Waals surface area (Å²) >= 11 is 6.02. The Bertz CT molecular complexity index is 961. The molecule has 0 saturated carbocycles. The van der Waals surface area contributed by atoms with Crippen LogP contribution in [0.3, 0.4) is 0 Å². The molecule has 138 valence electrons. The largest absolute Gasteiger partial charge is 0.495 e. The van der Waals surface area contributed by atoms with Gasteiger partial charge < -0.3 is 15.4 Å². The van der Waals surface area contributed by atoms with E-state index in [0.717, 1.165) is 12.1 Å². The Morgan fingerprint density at radius 2 is 1.85 bits per heavy atom. The maximum Gasteiger partial charge on any atom is 0.257 e. The number of aromatic nitrogens is 1. The first-order valence-corrected chi connectivity index (χ1v) is 8.17. The molecule has 5 nitrogen and oxygen atoms in total. The number of halogens is 3. The molecule has 0 bridgehead atoms. The van der Waals surface area contributed by atoms with E-state index in [0.29, 0.717) is 16.5 Å². The average Bonchev–Trinajstić information content (AvgIpc) is 2.65. The normalized spacial score (nSPS) is 10.4. The quantitative estimate of drug-likeness (QED) is 0.643. The summed E-state index contributed by atoms with van der Waals surface area (Å²) < 4.78 is 32.4. The minimum atomic E-state index is -0.741. The van der Waals surface area contributed by atoms with Crippen molar-refractivity contribution in [2.45, 2.75) is 0 Å². The van der Waals surface area contributed by atoms with Crippen molar-refractivity contribution in [2.24, 2.45) is 0 Å². The van der Waals surface area contributed by atoms with Crippen molar-refractivity contribution in [1.29, 1.82) is 0 Å². The molecule has 0 fully saturated rings. The van der Waals surface area contributed by atoms with Crippen LogP contribution >= 0.6 is 11.6 Å². The first-order valence-electron chi connectivity index (χ1n) is 7.80. The lowest BCUT2D eigenvalue weighted by atomic mass is 10.2. The van der Waals surface area contributed by atoms with Crippen LogP contribution < -0.4 is 15.4 Å². The summed E-state index contributed by atoms with van der Waals surface area (Å²) in [5.41, 5.74) is 0.443. The van der Waals surface area contributed by atoms with Crippen molar-refractivity contribution in [3.63, 3.8) is 0 Å². The summed E-state index contributed by atoms with van der Waals surface area (Å²) in [6.07, 6.45) is 1.29. The fraction of sp³-hybridized carbons (Fsp3) is 0.0526. The van der Waals surface area contributed by atoms with Crippen molar-refractivity contribution >= 4 is 34.7 Å². The topological polar surface area (TPSA) is 63.2 Å². The van der Waals surface area contributed by atoms with Crippen molar-refractivity contribution in [1.82, 2.24) is 4.98 Å². The summed E-state index contributed by atoms with van der Waals surface area (Å²) in [4.78, 5) is 16.3. The molecule has 0 aliphatic carbocycles. The van der Waals surface area contributed by atoms with E-state index in [-0.39, 0.29) is 17.1 Å². The molecule has 27 heavy (non-hydrogen) atoms. The second kappa shape index (κ2) is 8.01. The molecule has 1 heterocycles. The van der Waals surface area contributed by atoms with Crippen LogP contribution in [0, 0.1) is 11.6 Å². The minimum absolute atomic E-state index is 0.197. The predicted octanol–water partition coefficient (Wildman–Crippen LogP) is 5.02. The number of carbonyl (C=O) groups is 1. The monoisotopic (exact) mass is 389 g/mol. The molecule has 3 rings (SSSR count). The number of rotatable bonds is 5. The van der Waals surface area contributed by atoms with Crippen molar-refractivity contribution < 1.29 is 18.3 Å². The Hall–Kier alpha value is -3.19. The molecule has 0 atom stereocenters. The molecule has 0 radical (unpaired) electrons. The van der Waals surface area contributed by atoms with Gasteiger partial charge in [-0.25, -0.2) is 13.8 Å². The smallest absolute Gasteiger partial charge is 0.257 e. The molecule has 0 aliphatic rings. The predicted molar refractivity (Wildman–Crippen MR) is 99.8 cm³/mol. The van der Waals surface area contributed by atoms with E-state index in [1.54, 1.807) is 18.2 Å². The first-order chi connectivity index (χ1) is 13.0. The third-order valence-corrected chi connectivity index (χ3v) is 3.95. The minimum Gasteiger partial charge on any atom is -0.495 e. The van der Waals surface area contributed by atoms with Crippen molar-refractivity contribution in [3.8, 4) is 5.75 Å². The number of pyridine rings is 1. The van der Waals surface area contributed by atoms with E-state index < -0.39 is 17.5 Å². The van der Waals surface area contributed by atoms with Crippen molar-refractivity contribution in [2.75, 3.05) is 17.7 Å². The fourth-order valence-electron chi connectivity index (χ4n) is 2.29. The number of nitrogens with zero attached hydrogens (tertiary/aromatic N) is 1. The highest BCUT2D eigenvalue weighted by Gasteiger charge is 2.11. The number of nitrogens with one attached hydrogen (secondary N) is 2. The highest BCUT2D eigenvalue weighted by atomic mass is 35.5. The van der Waals surface area contributed by atoms with Crippen LogP contribution in [0.4, 0.5) is 26.0 Å². The molecule has 1 aromatic heterocycles. The molecule has 3 aromatic rings. The first kappa shape index (κ1) is 18.6. The fourth-order valence-corrected chi connectivity index (χ4v) is 2.55. The Labute approximate surface area is 159 Å². The van der Waals surface area contributed by atoms with Gasteiger partial charge in [0, 0.05) is 11.9 Å². The van der Waals surface area contributed by atoms with Gasteiger partial charge in [0.2, 0.25) is 0 Å². The summed E-state index contributed by atoms with van der Waals surface area (Å²) in [6, 6.07) is 11.3. The van der Waals surface area contributed by atoms with Crippen LogP contribution in [0.2, 0.25) is 5.02 Å². The molecule has 2 N–H and O–H groups in total. The van der Waals surface area contributed by atoms with Gasteiger partial charge in [-0.2, -0.15) is 0 Å². The second-order valence-electron chi connectivity index (χ2n) is 5.46. The molecule has 2 aromatic carbocycles. The van der Waals surface area contributed by atoms with Crippen LogP contribution in [-0.2, 0) is 0 Å². The van der Waals surface area contributed by atoms with Gasteiger partial charge in [-0.05, 0) is 42.5 Å². The maximum atomic E-state index is 13.7. The van der Waals surface area contributed by atoms with Gasteiger partial charge in [0.15, 0.2) is 0 Å². The number of methoxy groups -OCH3 is 1. The zero-order valence-corrected chi connectivity index (χ0v) is 14.8. The Kier molecular flexibility index (Phi) is 5.52. The molecule has 0 aliphatic heterocycles. The van der Waals surface area contributed by atoms with E-state index in [2.05, 4.69) is 15.6 Å². The standard InChI is InChI=1S/C19H14ClF2N3O2/c1-27-16-7-6-12(9-13(16)20)24-19(26)11-5-8-17(23-10-11)25-18-14(21)3-2-4-15(18)22/h2-10H,1H3,(H,23,25)(H,24,26). The zero-order chi connectivity index (χ0) is 19.4. The van der Waals surface area contributed by atoms with Gasteiger partial charge in [-0.1, -0.05) is 17.7 Å². The van der Waals surface area contributed by atoms with Crippen LogP contribution in [0.25, 0.3) is 0 Å². The van der Waals surface area contributed by atoms with Crippen LogP contribution in [0.1, 0.15) is 10.4 Å². The van der Waals surface area contributed by atoms with Gasteiger partial charge in [0.05, 0.1) is 17.7 Å². The summed E-state index contributed by atoms with van der Waals surface area (Å²) in [7, 11) is 1.49. The van der Waals surface area contributed by atoms with Gasteiger partial charge >= 0.3 is 0 Å². The van der Waals surface area contributed by atoms with E-state index in [9.17, 15) is 13.6 Å². The molecule has 0 unspecified atom stereocenters. The van der Waals surface area contributed by atoms with E-state index >= 15 is 0 Å². The summed E-state index contributed by atoms with van der Waals surface area (Å²) in [5, 5.41) is 5.59. The number of amides is 1. The summed E-state index contributed by atoms with van der Waals surface area (Å²) in [5.74, 6) is -1.20. The van der Waals surface area contributed by atoms with Gasteiger partial charge in [-0.3, -0.25) is 4.79 Å². The highest BCUT2D eigenvalue weighted by Crippen LogP contribution is 2.27. The third kappa shape index (κ3) is 4.32. The Balaban J connectivity index is 1.71. The lowest BCUT2D eigenvalue weighted by molar-refractivity contribution is 0.102. The lowest BCUT2D eigenvalue weighted by Gasteiger charge is -2.10. The molecular formula is C19H14ClF2N3O2. The number of ether oxygens (including phenoxy) is 1. The Morgan fingerprint density at radius 3 is 2.44 bits per heavy atom. The van der Waals surface area contributed by atoms with Gasteiger partial charge in [-0.15, -0.1) is 0 Å². The third-order valence-electron chi connectivity index (χ3n) is 3.65. The van der Waals surface area contributed by atoms with Gasteiger partial charge in [0.1, 0.15) is 28.9 Å².